The van der Waals surface area contributed by atoms with Crippen LogP contribution >= 0.6 is 0 Å². The van der Waals surface area contributed by atoms with Crippen molar-refractivity contribution in [1.29, 1.82) is 0 Å². The van der Waals surface area contributed by atoms with Gasteiger partial charge in [0.05, 0.1) is 6.42 Å². The summed E-state index contributed by atoms with van der Waals surface area (Å²) in [4.78, 5) is 11.0. The highest BCUT2D eigenvalue weighted by molar-refractivity contribution is 5.68. The van der Waals surface area contributed by atoms with E-state index in [2.05, 4.69) is 52.8 Å². The number of carboxylic acids is 1. The lowest BCUT2D eigenvalue weighted by molar-refractivity contribution is -0.137. The first-order valence-corrected chi connectivity index (χ1v) is 6.48. The summed E-state index contributed by atoms with van der Waals surface area (Å²) in [6, 6.07) is 6.29. The number of carbonyl (C=O) groups is 1. The van der Waals surface area contributed by atoms with E-state index in [0.29, 0.717) is 0 Å². The second-order valence-corrected chi connectivity index (χ2v) is 6.40. The Morgan fingerprint density at radius 3 is 2.28 bits per heavy atom. The molecule has 1 aromatic rings. The summed E-state index contributed by atoms with van der Waals surface area (Å²) >= 11 is 0. The number of aliphatic carboxylic acids is 1. The average molecular weight is 248 g/mol. The minimum absolute atomic E-state index is 0.0989. The molecule has 0 aliphatic carbocycles. The Hall–Kier alpha value is -1.31. The van der Waals surface area contributed by atoms with Crippen LogP contribution in [0.25, 0.3) is 0 Å². The summed E-state index contributed by atoms with van der Waals surface area (Å²) in [6.07, 6.45) is 1.10. The second-order valence-electron chi connectivity index (χ2n) is 6.40. The van der Waals surface area contributed by atoms with Crippen LogP contribution in [-0.4, -0.2) is 11.1 Å². The van der Waals surface area contributed by atoms with Gasteiger partial charge in [0, 0.05) is 0 Å². The highest BCUT2D eigenvalue weighted by Gasteiger charge is 2.22. The molecule has 18 heavy (non-hydrogen) atoms. The van der Waals surface area contributed by atoms with Gasteiger partial charge in [0.15, 0.2) is 0 Å². The third kappa shape index (κ3) is 4.52. The van der Waals surface area contributed by atoms with Gasteiger partial charge in [-0.05, 0) is 48.3 Å². The zero-order chi connectivity index (χ0) is 13.9. The normalized spacial score (nSPS) is 13.4. The molecule has 0 heterocycles. The summed E-state index contributed by atoms with van der Waals surface area (Å²) in [7, 11) is 0. The number of rotatable bonds is 4. The van der Waals surface area contributed by atoms with Crippen LogP contribution in [0.4, 0.5) is 0 Å². The Kier molecular flexibility index (Phi) is 4.55. The third-order valence-corrected chi connectivity index (χ3v) is 3.28. The number of hydrogen-bond acceptors (Lipinski definition) is 1. The molecular formula is C16H24O2. The van der Waals surface area contributed by atoms with Gasteiger partial charge in [0.1, 0.15) is 0 Å². The van der Waals surface area contributed by atoms with Gasteiger partial charge in [-0.15, -0.1) is 0 Å². The van der Waals surface area contributed by atoms with Crippen LogP contribution in [0.2, 0.25) is 0 Å². The molecule has 0 amide bonds. The maximum absolute atomic E-state index is 11.0. The van der Waals surface area contributed by atoms with Gasteiger partial charge in [-0.2, -0.15) is 0 Å². The molecule has 0 spiro atoms. The molecule has 2 heteroatoms. The highest BCUT2D eigenvalue weighted by Crippen LogP contribution is 2.34. The van der Waals surface area contributed by atoms with E-state index in [9.17, 15) is 4.79 Å². The summed E-state index contributed by atoms with van der Waals surface area (Å²) < 4.78 is 0. The number of carboxylic acid groups (broad SMARTS) is 1. The fourth-order valence-corrected chi connectivity index (χ4v) is 2.28. The first-order chi connectivity index (χ1) is 8.19. The summed E-state index contributed by atoms with van der Waals surface area (Å²) in [5.74, 6) is -0.621. The van der Waals surface area contributed by atoms with Gasteiger partial charge in [0.25, 0.3) is 0 Å². The average Bonchev–Trinajstić information content (AvgIpc) is 2.18. The van der Waals surface area contributed by atoms with Gasteiger partial charge in [-0.3, -0.25) is 4.79 Å². The van der Waals surface area contributed by atoms with Crippen molar-refractivity contribution in [3.63, 3.8) is 0 Å². The maximum atomic E-state index is 11.0. The Bertz CT molecular complexity index is 427. The van der Waals surface area contributed by atoms with Crippen LogP contribution in [-0.2, 0) is 4.79 Å². The Labute approximate surface area is 110 Å². The number of hydrogen-bond donors (Lipinski definition) is 1. The zero-order valence-electron chi connectivity index (χ0n) is 12.1. The van der Waals surface area contributed by atoms with Gasteiger partial charge in [0.2, 0.25) is 0 Å². The smallest absolute Gasteiger partial charge is 0.303 e. The predicted octanol–water partition coefficient (Wildman–Crippen LogP) is 4.30. The summed E-state index contributed by atoms with van der Waals surface area (Å²) in [5, 5.41) is 9.07. The van der Waals surface area contributed by atoms with Gasteiger partial charge < -0.3 is 5.11 Å². The maximum Gasteiger partial charge on any atom is 0.303 e. The van der Waals surface area contributed by atoms with Crippen LogP contribution < -0.4 is 0 Å². The van der Waals surface area contributed by atoms with E-state index in [0.717, 1.165) is 12.0 Å². The number of benzene rings is 1. The summed E-state index contributed by atoms with van der Waals surface area (Å²) in [6.45, 7) is 10.6. The van der Waals surface area contributed by atoms with Crippen molar-refractivity contribution < 1.29 is 9.90 Å². The zero-order valence-corrected chi connectivity index (χ0v) is 12.1. The molecule has 0 aliphatic heterocycles. The molecule has 0 fully saturated rings. The third-order valence-electron chi connectivity index (χ3n) is 3.28. The quantitative estimate of drug-likeness (QED) is 0.862. The van der Waals surface area contributed by atoms with Gasteiger partial charge in [-0.25, -0.2) is 0 Å². The SMILES string of the molecule is Cc1ccc(C(CC(=O)O)CC(C)(C)C)cc1C. The van der Waals surface area contributed by atoms with Crippen molar-refractivity contribution in [2.75, 3.05) is 0 Å². The largest absolute Gasteiger partial charge is 0.481 e. The lowest BCUT2D eigenvalue weighted by Crippen LogP contribution is -2.15. The van der Waals surface area contributed by atoms with Crippen LogP contribution in [0.15, 0.2) is 18.2 Å². The fourth-order valence-electron chi connectivity index (χ4n) is 2.28. The molecule has 1 aromatic carbocycles. The Morgan fingerprint density at radius 1 is 1.22 bits per heavy atom. The van der Waals surface area contributed by atoms with Gasteiger partial charge in [-0.1, -0.05) is 39.0 Å². The molecule has 0 saturated carbocycles. The van der Waals surface area contributed by atoms with Crippen LogP contribution in [0.3, 0.4) is 0 Å². The highest BCUT2D eigenvalue weighted by atomic mass is 16.4. The van der Waals surface area contributed by atoms with Crippen molar-refractivity contribution >= 4 is 5.97 Å². The second kappa shape index (κ2) is 5.55. The van der Waals surface area contributed by atoms with Crippen molar-refractivity contribution in [1.82, 2.24) is 0 Å². The van der Waals surface area contributed by atoms with E-state index < -0.39 is 5.97 Å². The molecule has 1 N–H and O–H groups in total. The summed E-state index contributed by atoms with van der Waals surface area (Å²) in [5.41, 5.74) is 3.77. The lowest BCUT2D eigenvalue weighted by atomic mass is 9.79. The van der Waals surface area contributed by atoms with Crippen molar-refractivity contribution in [2.45, 2.75) is 53.4 Å². The van der Waals surface area contributed by atoms with Crippen LogP contribution in [0.5, 0.6) is 0 Å². The molecule has 0 radical (unpaired) electrons. The Morgan fingerprint density at radius 2 is 1.83 bits per heavy atom. The number of aryl methyl sites for hydroxylation is 2. The molecule has 0 aromatic heterocycles. The molecule has 100 valence electrons. The van der Waals surface area contributed by atoms with Gasteiger partial charge >= 0.3 is 5.97 Å². The van der Waals surface area contributed by atoms with E-state index in [1.165, 1.54) is 11.1 Å². The molecule has 1 rings (SSSR count). The molecule has 2 nitrogen and oxygen atoms in total. The van der Waals surface area contributed by atoms with Crippen LogP contribution in [0.1, 0.15) is 56.2 Å². The molecular weight excluding hydrogens is 224 g/mol. The molecule has 1 unspecified atom stereocenters. The minimum atomic E-state index is -0.720. The van der Waals surface area contributed by atoms with E-state index in [1.807, 2.05) is 0 Å². The van der Waals surface area contributed by atoms with Crippen molar-refractivity contribution in [2.24, 2.45) is 5.41 Å². The predicted molar refractivity (Wildman–Crippen MR) is 75.0 cm³/mol. The standard InChI is InChI=1S/C16H24O2/c1-11-6-7-13(8-12(11)2)14(9-15(17)18)10-16(3,4)5/h6-8,14H,9-10H2,1-5H3,(H,17,18). The first kappa shape index (κ1) is 14.7. The Balaban J connectivity index is 3.01. The molecule has 0 aliphatic rings. The van der Waals surface area contributed by atoms with E-state index in [1.54, 1.807) is 0 Å². The monoisotopic (exact) mass is 248 g/mol. The van der Waals surface area contributed by atoms with E-state index in [4.69, 9.17) is 5.11 Å². The lowest BCUT2D eigenvalue weighted by Gasteiger charge is -2.25. The van der Waals surface area contributed by atoms with E-state index in [-0.39, 0.29) is 17.8 Å². The van der Waals surface area contributed by atoms with Crippen molar-refractivity contribution in [3.8, 4) is 0 Å². The van der Waals surface area contributed by atoms with Crippen molar-refractivity contribution in [3.05, 3.63) is 34.9 Å². The fraction of sp³-hybridized carbons (Fsp3) is 0.562. The molecule has 0 saturated heterocycles. The van der Waals surface area contributed by atoms with Crippen LogP contribution in [0, 0.1) is 19.3 Å². The molecule has 0 bridgehead atoms. The molecule has 1 atom stereocenters. The first-order valence-electron chi connectivity index (χ1n) is 6.48. The minimum Gasteiger partial charge on any atom is -0.481 e. The van der Waals surface area contributed by atoms with E-state index >= 15 is 0 Å². The topological polar surface area (TPSA) is 37.3 Å².